The Morgan fingerprint density at radius 2 is 1.56 bits per heavy atom. The van der Waals surface area contributed by atoms with Crippen molar-refractivity contribution in [2.45, 2.75) is 38.5 Å². The molecule has 2 aliphatic rings. The number of hydrogen-bond donors (Lipinski definition) is 0. The molecule has 2 nitrogen and oxygen atoms in total. The molecule has 0 aromatic carbocycles. The highest BCUT2D eigenvalue weighted by molar-refractivity contribution is 7.99. The smallest absolute Gasteiger partial charge is 0.133 e. The molecule has 0 radical (unpaired) electrons. The summed E-state index contributed by atoms with van der Waals surface area (Å²) in [6, 6.07) is 0. The lowest BCUT2D eigenvalue weighted by Gasteiger charge is -2.24. The number of carbonyl (C=O) groups is 1. The third-order valence-electron chi connectivity index (χ3n) is 3.71. The van der Waals surface area contributed by atoms with Crippen LogP contribution in [-0.2, 0) is 9.53 Å². The molecule has 0 aromatic rings. The molecule has 0 aliphatic carbocycles. The first-order chi connectivity index (χ1) is 7.84. The Bertz CT molecular complexity index is 196. The van der Waals surface area contributed by atoms with E-state index in [1.165, 1.54) is 24.3 Å². The van der Waals surface area contributed by atoms with Gasteiger partial charge in [0.1, 0.15) is 5.78 Å². The third kappa shape index (κ3) is 4.10. The fourth-order valence-electron chi connectivity index (χ4n) is 2.63. The summed E-state index contributed by atoms with van der Waals surface area (Å²) in [5.41, 5.74) is 0. The second kappa shape index (κ2) is 6.65. The molecular weight excluding hydrogens is 220 g/mol. The molecule has 0 bridgehead atoms. The molecule has 0 spiro atoms. The maximum Gasteiger partial charge on any atom is 0.133 e. The van der Waals surface area contributed by atoms with Gasteiger partial charge in [0.2, 0.25) is 0 Å². The molecule has 2 saturated heterocycles. The summed E-state index contributed by atoms with van der Waals surface area (Å²) in [5, 5.41) is 0. The quantitative estimate of drug-likeness (QED) is 0.758. The predicted molar refractivity (Wildman–Crippen MR) is 67.8 cm³/mol. The van der Waals surface area contributed by atoms with Crippen LogP contribution in [0.1, 0.15) is 38.5 Å². The zero-order valence-electron chi connectivity index (χ0n) is 9.95. The standard InChI is InChI=1S/C13H22O2S/c14-13(9-11-1-5-15-6-2-11)10-12-3-7-16-8-4-12/h11-12H,1-10H2. The van der Waals surface area contributed by atoms with Gasteiger partial charge in [-0.1, -0.05) is 0 Å². The average molecular weight is 242 g/mol. The number of rotatable bonds is 4. The number of ether oxygens (including phenoxy) is 1. The van der Waals surface area contributed by atoms with E-state index in [0.29, 0.717) is 17.6 Å². The van der Waals surface area contributed by atoms with E-state index in [2.05, 4.69) is 0 Å². The normalized spacial score (nSPS) is 24.5. The van der Waals surface area contributed by atoms with Gasteiger partial charge in [-0.2, -0.15) is 11.8 Å². The van der Waals surface area contributed by atoms with Crippen molar-refractivity contribution in [3.8, 4) is 0 Å². The lowest BCUT2D eigenvalue weighted by molar-refractivity contribution is -0.121. The highest BCUT2D eigenvalue weighted by Crippen LogP contribution is 2.27. The molecule has 3 heteroatoms. The highest BCUT2D eigenvalue weighted by atomic mass is 32.2. The first-order valence-electron chi connectivity index (χ1n) is 6.52. The molecule has 2 aliphatic heterocycles. The predicted octanol–water partition coefficient (Wildman–Crippen LogP) is 2.91. The van der Waals surface area contributed by atoms with E-state index in [0.717, 1.165) is 38.9 Å². The minimum absolute atomic E-state index is 0.504. The van der Waals surface area contributed by atoms with E-state index < -0.39 is 0 Å². The Hall–Kier alpha value is -0.0200. The van der Waals surface area contributed by atoms with Crippen LogP contribution in [0.4, 0.5) is 0 Å². The van der Waals surface area contributed by atoms with E-state index in [4.69, 9.17) is 4.74 Å². The topological polar surface area (TPSA) is 26.3 Å². The molecule has 0 aromatic heterocycles. The van der Waals surface area contributed by atoms with Crippen molar-refractivity contribution in [1.29, 1.82) is 0 Å². The lowest BCUT2D eigenvalue weighted by atomic mass is 9.89. The van der Waals surface area contributed by atoms with Crippen molar-refractivity contribution in [3.05, 3.63) is 0 Å². The van der Waals surface area contributed by atoms with Gasteiger partial charge in [-0.3, -0.25) is 4.79 Å². The maximum absolute atomic E-state index is 11.9. The fraction of sp³-hybridized carbons (Fsp3) is 0.923. The third-order valence-corrected chi connectivity index (χ3v) is 4.76. The van der Waals surface area contributed by atoms with Gasteiger partial charge in [-0.25, -0.2) is 0 Å². The van der Waals surface area contributed by atoms with E-state index in [1.54, 1.807) is 0 Å². The molecular formula is C13H22O2S. The zero-order valence-corrected chi connectivity index (χ0v) is 10.8. The van der Waals surface area contributed by atoms with Crippen molar-refractivity contribution >= 4 is 17.5 Å². The molecule has 0 amide bonds. The summed E-state index contributed by atoms with van der Waals surface area (Å²) < 4.78 is 5.32. The molecule has 0 N–H and O–H groups in total. The Labute approximate surface area is 103 Å². The van der Waals surface area contributed by atoms with E-state index >= 15 is 0 Å². The van der Waals surface area contributed by atoms with Gasteiger partial charge in [0.05, 0.1) is 0 Å². The summed E-state index contributed by atoms with van der Waals surface area (Å²) in [5.74, 6) is 4.32. The molecule has 92 valence electrons. The lowest BCUT2D eigenvalue weighted by Crippen LogP contribution is -2.21. The molecule has 2 rings (SSSR count). The number of Topliss-reactive ketones (excluding diaryl/α,β-unsaturated/α-hetero) is 1. The van der Waals surface area contributed by atoms with Crippen molar-refractivity contribution < 1.29 is 9.53 Å². The summed E-state index contributed by atoms with van der Waals surface area (Å²) in [7, 11) is 0. The van der Waals surface area contributed by atoms with Crippen molar-refractivity contribution in [3.63, 3.8) is 0 Å². The minimum atomic E-state index is 0.504. The van der Waals surface area contributed by atoms with E-state index in [1.807, 2.05) is 11.8 Å². The van der Waals surface area contributed by atoms with Crippen LogP contribution in [0, 0.1) is 11.8 Å². The minimum Gasteiger partial charge on any atom is -0.381 e. The van der Waals surface area contributed by atoms with Crippen molar-refractivity contribution in [2.75, 3.05) is 24.7 Å². The number of carbonyl (C=O) groups excluding carboxylic acids is 1. The van der Waals surface area contributed by atoms with Crippen LogP contribution < -0.4 is 0 Å². The SMILES string of the molecule is O=C(CC1CCOCC1)CC1CCSCC1. The van der Waals surface area contributed by atoms with Crippen LogP contribution in [0.25, 0.3) is 0 Å². The van der Waals surface area contributed by atoms with Crippen molar-refractivity contribution in [2.24, 2.45) is 11.8 Å². The number of ketones is 1. The van der Waals surface area contributed by atoms with Crippen LogP contribution in [0.3, 0.4) is 0 Å². The molecule has 16 heavy (non-hydrogen) atoms. The van der Waals surface area contributed by atoms with Crippen molar-refractivity contribution in [1.82, 2.24) is 0 Å². The summed E-state index contributed by atoms with van der Waals surface area (Å²) >= 11 is 2.03. The van der Waals surface area contributed by atoms with Gasteiger partial charge < -0.3 is 4.74 Å². The Morgan fingerprint density at radius 3 is 2.19 bits per heavy atom. The van der Waals surface area contributed by atoms with Gasteiger partial charge in [-0.15, -0.1) is 0 Å². The van der Waals surface area contributed by atoms with E-state index in [9.17, 15) is 4.79 Å². The number of thioether (sulfide) groups is 1. The fourth-order valence-corrected chi connectivity index (χ4v) is 3.83. The molecule has 2 fully saturated rings. The number of hydrogen-bond acceptors (Lipinski definition) is 3. The van der Waals surface area contributed by atoms with Gasteiger partial charge >= 0.3 is 0 Å². The monoisotopic (exact) mass is 242 g/mol. The van der Waals surface area contributed by atoms with Gasteiger partial charge in [0.15, 0.2) is 0 Å². The second-order valence-electron chi connectivity index (χ2n) is 5.06. The molecule has 2 heterocycles. The Balaban J connectivity index is 1.66. The van der Waals surface area contributed by atoms with Crippen LogP contribution in [0.15, 0.2) is 0 Å². The average Bonchev–Trinajstić information content (AvgIpc) is 2.31. The second-order valence-corrected chi connectivity index (χ2v) is 6.28. The van der Waals surface area contributed by atoms with Gasteiger partial charge in [-0.05, 0) is 49.0 Å². The highest BCUT2D eigenvalue weighted by Gasteiger charge is 2.21. The first-order valence-corrected chi connectivity index (χ1v) is 7.67. The Morgan fingerprint density at radius 1 is 1.00 bits per heavy atom. The Kier molecular flexibility index (Phi) is 5.17. The van der Waals surface area contributed by atoms with Gasteiger partial charge in [0, 0.05) is 26.1 Å². The first kappa shape index (κ1) is 12.4. The molecule has 0 saturated carbocycles. The summed E-state index contributed by atoms with van der Waals surface area (Å²) in [6.45, 7) is 1.72. The van der Waals surface area contributed by atoms with Crippen LogP contribution in [-0.4, -0.2) is 30.5 Å². The largest absolute Gasteiger partial charge is 0.381 e. The summed E-state index contributed by atoms with van der Waals surface area (Å²) in [4.78, 5) is 11.9. The summed E-state index contributed by atoms with van der Waals surface area (Å²) in [6.07, 6.45) is 6.35. The van der Waals surface area contributed by atoms with Crippen LogP contribution >= 0.6 is 11.8 Å². The zero-order chi connectivity index (χ0) is 11.2. The van der Waals surface area contributed by atoms with E-state index in [-0.39, 0.29) is 0 Å². The van der Waals surface area contributed by atoms with Crippen LogP contribution in [0.2, 0.25) is 0 Å². The maximum atomic E-state index is 11.9. The molecule has 0 atom stereocenters. The van der Waals surface area contributed by atoms with Gasteiger partial charge in [0.25, 0.3) is 0 Å². The molecule has 0 unspecified atom stereocenters. The van der Waals surface area contributed by atoms with Crippen LogP contribution in [0.5, 0.6) is 0 Å².